The summed E-state index contributed by atoms with van der Waals surface area (Å²) in [5.74, 6) is -5.25. The van der Waals surface area contributed by atoms with E-state index in [4.69, 9.17) is 5.11 Å². The maximum absolute atomic E-state index is 10.9. The van der Waals surface area contributed by atoms with Crippen molar-refractivity contribution in [3.05, 3.63) is 0 Å². The number of carboxylic acid groups (broad SMARTS) is 1. The van der Waals surface area contributed by atoms with Crippen LogP contribution in [0.15, 0.2) is 0 Å². The Kier molecular flexibility index (Phi) is 4.77. The van der Waals surface area contributed by atoms with Crippen LogP contribution in [0.1, 0.15) is 33.6 Å². The number of aliphatic carboxylic acids is 1. The van der Waals surface area contributed by atoms with Crippen LogP contribution >= 0.6 is 0 Å². The molecule has 0 saturated carbocycles. The van der Waals surface area contributed by atoms with E-state index in [0.29, 0.717) is 0 Å². The van der Waals surface area contributed by atoms with E-state index in [1.54, 1.807) is 0 Å². The molecule has 0 aromatic heterocycles. The molecule has 0 heterocycles. The number of hydrogen-bond acceptors (Lipinski definition) is 5. The molecule has 0 aliphatic heterocycles. The van der Waals surface area contributed by atoms with Gasteiger partial charge in [-0.15, -0.1) is 0 Å². The minimum absolute atomic E-state index is 0.00649. The molecule has 86 valence electrons. The average Bonchev–Trinajstić information content (AvgIpc) is 2.16. The van der Waals surface area contributed by atoms with Gasteiger partial charge in [-0.2, -0.15) is 0 Å². The maximum Gasteiger partial charge on any atom is 0.390 e. The quantitative estimate of drug-likeness (QED) is 0.539. The second kappa shape index (κ2) is 5.33. The minimum atomic E-state index is -2.24. The highest BCUT2D eigenvalue weighted by atomic mass is 16.7. The van der Waals surface area contributed by atoms with Crippen LogP contribution in [0.3, 0.4) is 0 Å². The number of carbonyl (C=O) groups is 3. The Morgan fingerprint density at radius 2 is 1.40 bits per heavy atom. The number of hydrogen-bond donors (Lipinski definition) is 1. The number of carboxylic acids is 1. The zero-order chi connectivity index (χ0) is 12.1. The van der Waals surface area contributed by atoms with Crippen molar-refractivity contribution < 1.29 is 29.0 Å². The Labute approximate surface area is 87.2 Å². The fourth-order valence-electron chi connectivity index (χ4n) is 0.687. The van der Waals surface area contributed by atoms with E-state index in [9.17, 15) is 14.4 Å². The summed E-state index contributed by atoms with van der Waals surface area (Å²) >= 11 is 0. The molecule has 0 aromatic carbocycles. The first kappa shape index (κ1) is 13.4. The summed E-state index contributed by atoms with van der Waals surface area (Å²) in [5, 5.41) is 8.77. The molecule has 0 saturated heterocycles. The molecular formula is C9H14O6. The zero-order valence-electron chi connectivity index (χ0n) is 8.90. The summed E-state index contributed by atoms with van der Waals surface area (Å²) in [6, 6.07) is 0. The Hall–Kier alpha value is -1.59. The summed E-state index contributed by atoms with van der Waals surface area (Å²) in [6.07, 6.45) is 0.0130. The van der Waals surface area contributed by atoms with Crippen LogP contribution in [0.5, 0.6) is 0 Å². The van der Waals surface area contributed by atoms with E-state index in [1.807, 2.05) is 0 Å². The van der Waals surface area contributed by atoms with Crippen molar-refractivity contribution in [3.8, 4) is 0 Å². The van der Waals surface area contributed by atoms with Gasteiger partial charge in [-0.3, -0.25) is 9.59 Å². The van der Waals surface area contributed by atoms with E-state index in [2.05, 4.69) is 9.47 Å². The van der Waals surface area contributed by atoms with E-state index < -0.39 is 23.7 Å². The molecule has 0 aliphatic rings. The third kappa shape index (κ3) is 3.97. The minimum Gasteiger partial charge on any atom is -0.475 e. The number of esters is 2. The van der Waals surface area contributed by atoms with Gasteiger partial charge in [0.05, 0.1) is 0 Å². The molecule has 6 heteroatoms. The van der Waals surface area contributed by atoms with Gasteiger partial charge in [0.1, 0.15) is 0 Å². The van der Waals surface area contributed by atoms with Crippen molar-refractivity contribution in [3.63, 3.8) is 0 Å². The van der Waals surface area contributed by atoms with Gasteiger partial charge >= 0.3 is 23.7 Å². The summed E-state index contributed by atoms with van der Waals surface area (Å²) in [4.78, 5) is 32.6. The topological polar surface area (TPSA) is 89.9 Å². The summed E-state index contributed by atoms with van der Waals surface area (Å²) in [6.45, 7) is 4.02. The predicted octanol–water partition coefficient (Wildman–Crippen LogP) is 0.694. The Morgan fingerprint density at radius 3 is 1.60 bits per heavy atom. The molecule has 0 amide bonds. The van der Waals surface area contributed by atoms with Crippen LogP contribution in [-0.2, 0) is 23.9 Å². The van der Waals surface area contributed by atoms with Gasteiger partial charge in [0.25, 0.3) is 0 Å². The molecule has 15 heavy (non-hydrogen) atoms. The standard InChI is InChI=1S/C9H14O6/c1-4-6(10)14-9(3,8(12)13)15-7(11)5-2/h4-5H2,1-3H3,(H,12,13). The average molecular weight is 218 g/mol. The van der Waals surface area contributed by atoms with E-state index in [0.717, 1.165) is 6.92 Å². The molecule has 0 unspecified atom stereocenters. The van der Waals surface area contributed by atoms with Crippen molar-refractivity contribution in [2.75, 3.05) is 0 Å². The molecule has 0 fully saturated rings. The highest BCUT2D eigenvalue weighted by Gasteiger charge is 2.41. The molecule has 0 aromatic rings. The molecule has 0 radical (unpaired) electrons. The van der Waals surface area contributed by atoms with Gasteiger partial charge in [0.15, 0.2) is 0 Å². The third-order valence-electron chi connectivity index (χ3n) is 1.58. The van der Waals surface area contributed by atoms with Crippen molar-refractivity contribution >= 4 is 17.9 Å². The molecular weight excluding hydrogens is 204 g/mol. The molecule has 1 N–H and O–H groups in total. The summed E-state index contributed by atoms with van der Waals surface area (Å²) in [7, 11) is 0. The molecule has 0 aliphatic carbocycles. The van der Waals surface area contributed by atoms with Gasteiger partial charge in [-0.05, 0) is 0 Å². The molecule has 6 nitrogen and oxygen atoms in total. The van der Waals surface area contributed by atoms with Gasteiger partial charge in [0, 0.05) is 19.8 Å². The number of ether oxygens (including phenoxy) is 2. The molecule has 0 atom stereocenters. The van der Waals surface area contributed by atoms with Crippen molar-refractivity contribution in [2.45, 2.75) is 39.4 Å². The molecule has 0 spiro atoms. The van der Waals surface area contributed by atoms with Crippen molar-refractivity contribution in [1.29, 1.82) is 0 Å². The van der Waals surface area contributed by atoms with Gasteiger partial charge in [-0.25, -0.2) is 4.79 Å². The second-order valence-electron chi connectivity index (χ2n) is 2.91. The fourth-order valence-corrected chi connectivity index (χ4v) is 0.687. The second-order valence-corrected chi connectivity index (χ2v) is 2.91. The first-order valence-corrected chi connectivity index (χ1v) is 4.52. The first-order chi connectivity index (χ1) is 6.85. The largest absolute Gasteiger partial charge is 0.475 e. The normalized spacial score (nSPS) is 10.6. The summed E-state index contributed by atoms with van der Waals surface area (Å²) in [5.41, 5.74) is 0. The SMILES string of the molecule is CCC(=O)OC(C)(OC(=O)CC)C(=O)O. The zero-order valence-corrected chi connectivity index (χ0v) is 8.90. The third-order valence-corrected chi connectivity index (χ3v) is 1.58. The number of carbonyl (C=O) groups excluding carboxylic acids is 2. The van der Waals surface area contributed by atoms with Crippen LogP contribution in [-0.4, -0.2) is 28.8 Å². The van der Waals surface area contributed by atoms with Gasteiger partial charge in [0.2, 0.25) is 0 Å². The van der Waals surface area contributed by atoms with E-state index in [1.165, 1.54) is 13.8 Å². The first-order valence-electron chi connectivity index (χ1n) is 4.52. The van der Waals surface area contributed by atoms with Crippen LogP contribution in [0.25, 0.3) is 0 Å². The lowest BCUT2D eigenvalue weighted by Crippen LogP contribution is -2.44. The van der Waals surface area contributed by atoms with E-state index in [-0.39, 0.29) is 12.8 Å². The fraction of sp³-hybridized carbons (Fsp3) is 0.667. The van der Waals surface area contributed by atoms with Crippen molar-refractivity contribution in [2.24, 2.45) is 0 Å². The molecule has 0 rings (SSSR count). The van der Waals surface area contributed by atoms with Crippen LogP contribution in [0.2, 0.25) is 0 Å². The Bertz CT molecular complexity index is 252. The van der Waals surface area contributed by atoms with Gasteiger partial charge in [-0.1, -0.05) is 13.8 Å². The highest BCUT2D eigenvalue weighted by Crippen LogP contribution is 2.15. The lowest BCUT2D eigenvalue weighted by molar-refractivity contribution is -0.231. The van der Waals surface area contributed by atoms with Crippen LogP contribution in [0, 0.1) is 0 Å². The predicted molar refractivity (Wildman–Crippen MR) is 48.8 cm³/mol. The highest BCUT2D eigenvalue weighted by molar-refractivity contribution is 5.83. The van der Waals surface area contributed by atoms with Crippen LogP contribution in [0.4, 0.5) is 0 Å². The summed E-state index contributed by atoms with van der Waals surface area (Å²) < 4.78 is 9.08. The van der Waals surface area contributed by atoms with Crippen molar-refractivity contribution in [1.82, 2.24) is 0 Å². The van der Waals surface area contributed by atoms with Crippen LogP contribution < -0.4 is 0 Å². The lowest BCUT2D eigenvalue weighted by Gasteiger charge is -2.24. The van der Waals surface area contributed by atoms with Gasteiger partial charge < -0.3 is 14.6 Å². The lowest BCUT2D eigenvalue weighted by atomic mass is 10.3. The molecule has 0 bridgehead atoms. The maximum atomic E-state index is 10.9. The monoisotopic (exact) mass is 218 g/mol. The van der Waals surface area contributed by atoms with E-state index >= 15 is 0 Å². The Balaban J connectivity index is 4.67. The number of rotatable bonds is 5. The Morgan fingerprint density at radius 1 is 1.07 bits per heavy atom. The smallest absolute Gasteiger partial charge is 0.390 e.